The molecule has 0 saturated heterocycles. The molecule has 0 aliphatic rings. The van der Waals surface area contributed by atoms with E-state index in [1.807, 2.05) is 0 Å². The average Bonchev–Trinajstić information content (AvgIpc) is 2.10. The molecule has 0 rings (SSSR count). The van der Waals surface area contributed by atoms with Crippen LogP contribution in [0.15, 0.2) is 0 Å². The molecular weight excluding hydrogens is 212 g/mol. The fourth-order valence-corrected chi connectivity index (χ4v) is 0.732. The summed E-state index contributed by atoms with van der Waals surface area (Å²) in [5.74, 6) is 12.2. The fraction of sp³-hybridized carbons (Fsp3) is 0.636. The number of rotatable bonds is 3. The summed E-state index contributed by atoms with van der Waals surface area (Å²) in [4.78, 5) is 0. The largest absolute Gasteiger partial charge is 0.0915 e. The molecule has 1 heteroatoms. The third kappa shape index (κ3) is 7.70. The first-order valence-corrected chi connectivity index (χ1v) is 5.47. The Morgan fingerprint density at radius 1 is 1.33 bits per heavy atom. The maximum atomic E-state index is 3.36. The Kier molecular flexibility index (Phi) is 8.40. The summed E-state index contributed by atoms with van der Waals surface area (Å²) < 4.78 is 0. The first-order chi connectivity index (χ1) is 5.81. The molecular formula is C11H15Br. The van der Waals surface area contributed by atoms with Gasteiger partial charge in [0.05, 0.1) is 0 Å². The minimum absolute atomic E-state index is 0.408. The van der Waals surface area contributed by atoms with Crippen molar-refractivity contribution in [1.29, 1.82) is 0 Å². The predicted octanol–water partition coefficient (Wildman–Crippen LogP) is 3.21. The molecule has 12 heavy (non-hydrogen) atoms. The van der Waals surface area contributed by atoms with Crippen molar-refractivity contribution < 1.29 is 0 Å². The maximum Gasteiger partial charge on any atom is 0.0281 e. The lowest BCUT2D eigenvalue weighted by molar-refractivity contribution is 0.828. The highest BCUT2D eigenvalue weighted by Crippen LogP contribution is 1.95. The molecule has 0 spiro atoms. The van der Waals surface area contributed by atoms with E-state index in [0.717, 1.165) is 11.8 Å². The number of hydrogen-bond donors (Lipinski definition) is 0. The molecule has 0 aromatic rings. The van der Waals surface area contributed by atoms with Crippen molar-refractivity contribution in [2.45, 2.75) is 33.1 Å². The summed E-state index contributed by atoms with van der Waals surface area (Å²) in [6.45, 7) is 4.25. The van der Waals surface area contributed by atoms with Crippen LogP contribution in [0.3, 0.4) is 0 Å². The summed E-state index contributed by atoms with van der Waals surface area (Å²) in [5.41, 5.74) is 0. The molecule has 0 nitrogen and oxygen atoms in total. The highest BCUT2D eigenvalue weighted by molar-refractivity contribution is 9.09. The lowest BCUT2D eigenvalue weighted by Gasteiger charge is -1.90. The smallest absolute Gasteiger partial charge is 0.0281 e. The molecule has 0 aliphatic heterocycles. The summed E-state index contributed by atoms with van der Waals surface area (Å²) in [5, 5.41) is 0.927. The van der Waals surface area contributed by atoms with Crippen LogP contribution >= 0.6 is 15.9 Å². The zero-order valence-corrected chi connectivity index (χ0v) is 9.37. The van der Waals surface area contributed by atoms with Gasteiger partial charge in [0.15, 0.2) is 0 Å². The van der Waals surface area contributed by atoms with Crippen LogP contribution in [0.4, 0.5) is 0 Å². The van der Waals surface area contributed by atoms with E-state index >= 15 is 0 Å². The standard InChI is InChI=1S/C11H15Br/c1-3-4-5-6-7-8-9-11(2)10-12/h11H,3-5,10H2,1-2H3. The highest BCUT2D eigenvalue weighted by atomic mass is 79.9. The minimum Gasteiger partial charge on any atom is -0.0915 e. The molecule has 66 valence electrons. The third-order valence-electron chi connectivity index (χ3n) is 1.36. The Labute approximate surface area is 84.3 Å². The van der Waals surface area contributed by atoms with E-state index in [2.05, 4.69) is 53.5 Å². The van der Waals surface area contributed by atoms with E-state index in [0.29, 0.717) is 5.92 Å². The molecule has 0 aromatic carbocycles. The predicted molar refractivity (Wildman–Crippen MR) is 58.0 cm³/mol. The van der Waals surface area contributed by atoms with Crippen molar-refractivity contribution >= 4 is 15.9 Å². The monoisotopic (exact) mass is 226 g/mol. The second kappa shape index (κ2) is 8.69. The zero-order valence-electron chi connectivity index (χ0n) is 7.78. The van der Waals surface area contributed by atoms with E-state index in [1.165, 1.54) is 12.8 Å². The topological polar surface area (TPSA) is 0 Å². The van der Waals surface area contributed by atoms with Gasteiger partial charge in [-0.3, -0.25) is 0 Å². The van der Waals surface area contributed by atoms with Crippen molar-refractivity contribution in [3.05, 3.63) is 0 Å². The van der Waals surface area contributed by atoms with Crippen molar-refractivity contribution in [2.24, 2.45) is 5.92 Å². The van der Waals surface area contributed by atoms with E-state index in [9.17, 15) is 0 Å². The van der Waals surface area contributed by atoms with Gasteiger partial charge in [0.1, 0.15) is 0 Å². The summed E-state index contributed by atoms with van der Waals surface area (Å²) in [6.07, 6.45) is 3.37. The molecule has 0 fully saturated rings. The Hall–Kier alpha value is -0.400. The van der Waals surface area contributed by atoms with Crippen LogP contribution in [0.5, 0.6) is 0 Å². The highest BCUT2D eigenvalue weighted by Gasteiger charge is 1.88. The molecule has 0 bridgehead atoms. The Bertz CT molecular complexity index is 209. The van der Waals surface area contributed by atoms with Crippen molar-refractivity contribution in [3.8, 4) is 23.7 Å². The van der Waals surface area contributed by atoms with Crippen molar-refractivity contribution in [1.82, 2.24) is 0 Å². The van der Waals surface area contributed by atoms with Crippen molar-refractivity contribution in [3.63, 3.8) is 0 Å². The Morgan fingerprint density at radius 3 is 2.67 bits per heavy atom. The molecule has 1 unspecified atom stereocenters. The first kappa shape index (κ1) is 11.6. The molecule has 0 heterocycles. The van der Waals surface area contributed by atoms with Gasteiger partial charge in [-0.05, 0) is 18.3 Å². The summed E-state index contributed by atoms with van der Waals surface area (Å²) >= 11 is 3.36. The molecule has 1 atom stereocenters. The normalized spacial score (nSPS) is 10.6. The molecule has 0 N–H and O–H groups in total. The molecule has 0 aliphatic carbocycles. The second-order valence-electron chi connectivity index (χ2n) is 2.73. The second-order valence-corrected chi connectivity index (χ2v) is 3.38. The lowest BCUT2D eigenvalue weighted by atomic mass is 10.2. The minimum atomic E-state index is 0.408. The van der Waals surface area contributed by atoms with E-state index < -0.39 is 0 Å². The number of halogens is 1. The first-order valence-electron chi connectivity index (χ1n) is 4.35. The Morgan fingerprint density at radius 2 is 2.08 bits per heavy atom. The van der Waals surface area contributed by atoms with Crippen LogP contribution in [0.25, 0.3) is 0 Å². The van der Waals surface area contributed by atoms with Crippen LogP contribution in [-0.4, -0.2) is 5.33 Å². The number of hydrogen-bond acceptors (Lipinski definition) is 0. The van der Waals surface area contributed by atoms with Crippen LogP contribution < -0.4 is 0 Å². The van der Waals surface area contributed by atoms with Gasteiger partial charge in [0.25, 0.3) is 0 Å². The molecule has 0 saturated carbocycles. The lowest BCUT2D eigenvalue weighted by Crippen LogP contribution is -1.88. The molecule has 0 aromatic heterocycles. The average molecular weight is 227 g/mol. The van der Waals surface area contributed by atoms with E-state index in [1.54, 1.807) is 0 Å². The Balaban J connectivity index is 3.58. The van der Waals surface area contributed by atoms with Crippen LogP contribution in [0, 0.1) is 29.6 Å². The van der Waals surface area contributed by atoms with Crippen LogP contribution in [0.2, 0.25) is 0 Å². The van der Waals surface area contributed by atoms with Crippen LogP contribution in [0.1, 0.15) is 33.1 Å². The molecule has 0 amide bonds. The zero-order chi connectivity index (χ0) is 9.23. The maximum absolute atomic E-state index is 3.36. The van der Waals surface area contributed by atoms with Gasteiger partial charge in [0, 0.05) is 17.7 Å². The summed E-state index contributed by atoms with van der Waals surface area (Å²) in [7, 11) is 0. The molecule has 0 radical (unpaired) electrons. The van der Waals surface area contributed by atoms with Crippen LogP contribution in [-0.2, 0) is 0 Å². The van der Waals surface area contributed by atoms with Gasteiger partial charge in [-0.25, -0.2) is 0 Å². The van der Waals surface area contributed by atoms with E-state index in [4.69, 9.17) is 0 Å². The quantitative estimate of drug-likeness (QED) is 0.394. The number of alkyl halides is 1. The SMILES string of the molecule is CCCCC#CC#CC(C)CBr. The fourth-order valence-electron chi connectivity index (χ4n) is 0.570. The van der Waals surface area contributed by atoms with E-state index in [-0.39, 0.29) is 0 Å². The third-order valence-corrected chi connectivity index (χ3v) is 2.33. The van der Waals surface area contributed by atoms with Gasteiger partial charge in [-0.1, -0.05) is 48.0 Å². The van der Waals surface area contributed by atoms with Crippen molar-refractivity contribution in [2.75, 3.05) is 5.33 Å². The summed E-state index contributed by atoms with van der Waals surface area (Å²) in [6, 6.07) is 0. The van der Waals surface area contributed by atoms with Gasteiger partial charge < -0.3 is 0 Å². The van der Waals surface area contributed by atoms with Gasteiger partial charge in [-0.15, -0.1) is 0 Å². The van der Waals surface area contributed by atoms with Gasteiger partial charge in [0.2, 0.25) is 0 Å². The number of unbranched alkanes of at least 4 members (excludes halogenated alkanes) is 2. The van der Waals surface area contributed by atoms with Gasteiger partial charge in [-0.2, -0.15) is 0 Å². The van der Waals surface area contributed by atoms with Gasteiger partial charge >= 0.3 is 0 Å².